The van der Waals surface area contributed by atoms with Crippen molar-refractivity contribution in [3.8, 4) is 17.1 Å². The van der Waals surface area contributed by atoms with Crippen LogP contribution < -0.4 is 79.6 Å². The number of ether oxygens (including phenoxy) is 2. The van der Waals surface area contributed by atoms with E-state index in [0.29, 0.717) is 32.8 Å². The Morgan fingerprint density at radius 3 is 2.42 bits per heavy atom. The second-order valence-electron chi connectivity index (χ2n) is 8.92. The largest absolute Gasteiger partial charge is 1.00 e. The van der Waals surface area contributed by atoms with Crippen LogP contribution in [-0.2, 0) is 37.9 Å². The van der Waals surface area contributed by atoms with E-state index in [1.54, 1.807) is 19.1 Å². The van der Waals surface area contributed by atoms with Crippen LogP contribution in [0.25, 0.3) is 22.3 Å². The molecule has 2 aromatic heterocycles. The third-order valence-electron chi connectivity index (χ3n) is 6.58. The Labute approximate surface area is 270 Å². The van der Waals surface area contributed by atoms with Gasteiger partial charge in [0.25, 0.3) is 5.56 Å². The maximum absolute atomic E-state index is 13.2. The summed E-state index contributed by atoms with van der Waals surface area (Å²) in [7, 11) is 0. The molecule has 15 heteroatoms. The number of cyclic esters (lactones) is 1. The van der Waals surface area contributed by atoms with Gasteiger partial charge in [-0.3, -0.25) is 9.69 Å². The molecule has 0 aliphatic carbocycles. The number of carbonyl (C=O) groups excluding carboxylic acids is 4. The Bertz CT molecular complexity index is 1610. The molecule has 196 valence electrons. The average Bonchev–Trinajstić information content (AvgIpc) is 3.22. The van der Waals surface area contributed by atoms with Gasteiger partial charge in [-0.05, 0) is 36.8 Å². The van der Waals surface area contributed by atoms with Crippen LogP contribution in [0.2, 0.25) is 0 Å². The number of carboxylic acids is 2. The quantitative estimate of drug-likeness (QED) is 0.172. The molecule has 0 bridgehead atoms. The molecular formula is C25H19N3Na2O10. The van der Waals surface area contributed by atoms with E-state index in [4.69, 9.17) is 9.47 Å². The molecule has 3 aromatic rings. The number of rotatable bonds is 6. The second kappa shape index (κ2) is 12.0. The summed E-state index contributed by atoms with van der Waals surface area (Å²) in [6, 6.07) is 7.68. The molecular weight excluding hydrogens is 548 g/mol. The number of aromatic nitrogens is 2. The van der Waals surface area contributed by atoms with Crippen LogP contribution in [0.15, 0.2) is 35.1 Å². The van der Waals surface area contributed by atoms with Crippen LogP contribution in [0.4, 0.5) is 4.79 Å². The van der Waals surface area contributed by atoms with Crippen LogP contribution in [0, 0.1) is 0 Å². The first kappa shape index (κ1) is 31.7. The van der Waals surface area contributed by atoms with Gasteiger partial charge in [0, 0.05) is 16.5 Å². The zero-order valence-electron chi connectivity index (χ0n) is 21.9. The minimum Gasteiger partial charge on any atom is -0.548 e. The minimum atomic E-state index is -1.94. The number of esters is 1. The Hall–Kier alpha value is -2.78. The zero-order chi connectivity index (χ0) is 27.4. The van der Waals surface area contributed by atoms with Crippen molar-refractivity contribution in [2.45, 2.75) is 32.1 Å². The maximum Gasteiger partial charge on any atom is 1.00 e. The van der Waals surface area contributed by atoms with Crippen molar-refractivity contribution in [1.82, 2.24) is 14.5 Å². The molecule has 2 aliphatic heterocycles. The van der Waals surface area contributed by atoms with Crippen LogP contribution in [0.5, 0.6) is 5.75 Å². The Morgan fingerprint density at radius 2 is 1.80 bits per heavy atom. The summed E-state index contributed by atoms with van der Waals surface area (Å²) in [6.07, 6.45) is -1.21. The molecule has 13 nitrogen and oxygen atoms in total. The predicted molar refractivity (Wildman–Crippen MR) is 122 cm³/mol. The van der Waals surface area contributed by atoms with Gasteiger partial charge < -0.3 is 38.9 Å². The molecule has 0 saturated carbocycles. The summed E-state index contributed by atoms with van der Waals surface area (Å²) >= 11 is 0. The molecule has 1 N–H and O–H groups in total. The minimum absolute atomic E-state index is 0. The van der Waals surface area contributed by atoms with Crippen molar-refractivity contribution in [2.75, 3.05) is 13.1 Å². The van der Waals surface area contributed by atoms with E-state index in [1.807, 2.05) is 0 Å². The monoisotopic (exact) mass is 567 g/mol. The van der Waals surface area contributed by atoms with Gasteiger partial charge in [-0.25, -0.2) is 14.6 Å². The standard InChI is InChI=1S/C25H21N3O10.2Na/c1-2-25(36)16-7-18-21-13(8-28(18)22(33)15(16)11-37-23(25)34)5-12-6-14(3-4-17(12)26-21)38-24(35)27(9-19(29)30)10-20(31)32;;/h3-7,36H,2,8-11H2,1H3,(H,29,30)(H,31,32);;/q;2*+1/p-2/t25-;;/m0../s1. The Balaban J connectivity index is 0.00000220. The number of carboxylic acid groups (broad SMARTS) is 2. The summed E-state index contributed by atoms with van der Waals surface area (Å²) in [5.74, 6) is -4.17. The molecule has 0 fully saturated rings. The van der Waals surface area contributed by atoms with Crippen LogP contribution in [-0.4, -0.2) is 56.6 Å². The molecule has 4 heterocycles. The zero-order valence-corrected chi connectivity index (χ0v) is 25.9. The number of benzene rings is 1. The van der Waals surface area contributed by atoms with E-state index in [0.717, 1.165) is 0 Å². The maximum atomic E-state index is 13.2. The number of hydrogen-bond donors (Lipinski definition) is 1. The van der Waals surface area contributed by atoms with Gasteiger partial charge in [-0.1, -0.05) is 6.92 Å². The van der Waals surface area contributed by atoms with Crippen LogP contribution in [0.3, 0.4) is 0 Å². The van der Waals surface area contributed by atoms with Gasteiger partial charge >= 0.3 is 71.2 Å². The average molecular weight is 567 g/mol. The van der Waals surface area contributed by atoms with Crippen molar-refractivity contribution in [3.63, 3.8) is 0 Å². The Kier molecular flexibility index (Phi) is 9.51. The molecule has 40 heavy (non-hydrogen) atoms. The van der Waals surface area contributed by atoms with Crippen molar-refractivity contribution in [2.24, 2.45) is 0 Å². The SMILES string of the molecule is CC[C@@]1(O)C(=O)OCc2c1cc1n(c2=O)Cc2cc3cc(OC(=O)N(CC(=O)[O-])CC(=O)[O-])ccc3nc2-1.[Na+].[Na+]. The van der Waals surface area contributed by atoms with E-state index in [2.05, 4.69) is 4.98 Å². The van der Waals surface area contributed by atoms with E-state index in [1.165, 1.54) is 22.8 Å². The van der Waals surface area contributed by atoms with Crippen molar-refractivity contribution in [1.29, 1.82) is 0 Å². The molecule has 0 unspecified atom stereocenters. The number of aliphatic hydroxyl groups is 1. The second-order valence-corrected chi connectivity index (χ2v) is 8.92. The summed E-state index contributed by atoms with van der Waals surface area (Å²) < 4.78 is 11.7. The molecule has 0 spiro atoms. The fourth-order valence-corrected chi connectivity index (χ4v) is 4.69. The van der Waals surface area contributed by atoms with Gasteiger partial charge in [0.15, 0.2) is 5.60 Å². The molecule has 1 amide bonds. The molecule has 0 saturated heterocycles. The first-order chi connectivity index (χ1) is 18.0. The van der Waals surface area contributed by atoms with E-state index < -0.39 is 48.3 Å². The summed E-state index contributed by atoms with van der Waals surface area (Å²) in [6.45, 7) is -0.482. The van der Waals surface area contributed by atoms with E-state index >= 15 is 0 Å². The first-order valence-corrected chi connectivity index (χ1v) is 11.5. The summed E-state index contributed by atoms with van der Waals surface area (Å²) in [5, 5.41) is 33.2. The van der Waals surface area contributed by atoms with E-state index in [-0.39, 0.29) is 95.6 Å². The van der Waals surface area contributed by atoms with Crippen molar-refractivity contribution < 1.29 is 103 Å². The fraction of sp³-hybridized carbons (Fsp3) is 0.280. The van der Waals surface area contributed by atoms with Gasteiger partial charge in [0.2, 0.25) is 0 Å². The third kappa shape index (κ3) is 5.55. The summed E-state index contributed by atoms with van der Waals surface area (Å²) in [4.78, 5) is 64.6. The van der Waals surface area contributed by atoms with Gasteiger partial charge in [0.1, 0.15) is 12.4 Å². The molecule has 1 atom stereocenters. The number of nitrogens with zero attached hydrogens (tertiary/aromatic N) is 3. The smallest absolute Gasteiger partial charge is 0.548 e. The Morgan fingerprint density at radius 1 is 1.12 bits per heavy atom. The first-order valence-electron chi connectivity index (χ1n) is 11.5. The van der Waals surface area contributed by atoms with Crippen molar-refractivity contribution in [3.05, 3.63) is 57.4 Å². The van der Waals surface area contributed by atoms with Crippen molar-refractivity contribution >= 4 is 34.9 Å². The predicted octanol–water partition coefficient (Wildman–Crippen LogP) is -7.61. The third-order valence-corrected chi connectivity index (χ3v) is 6.58. The van der Waals surface area contributed by atoms with Gasteiger partial charge in [-0.2, -0.15) is 0 Å². The number of fused-ring (bicyclic) bond motifs is 5. The number of amides is 1. The molecule has 0 radical (unpaired) electrons. The van der Waals surface area contributed by atoms with Crippen LogP contribution in [0.1, 0.15) is 30.0 Å². The fourth-order valence-electron chi connectivity index (χ4n) is 4.69. The molecule has 2 aliphatic rings. The van der Waals surface area contributed by atoms with Gasteiger partial charge in [0.05, 0.1) is 54.0 Å². The number of pyridine rings is 2. The number of carbonyl (C=O) groups is 4. The molecule has 5 rings (SSSR count). The number of hydrogen-bond acceptors (Lipinski definition) is 11. The van der Waals surface area contributed by atoms with Crippen LogP contribution >= 0.6 is 0 Å². The number of aliphatic carboxylic acids is 2. The normalized spacial score (nSPS) is 16.4. The summed E-state index contributed by atoms with van der Waals surface area (Å²) in [5.41, 5.74) is 0.0780. The molecule has 1 aromatic carbocycles. The van der Waals surface area contributed by atoms with E-state index in [9.17, 15) is 39.3 Å². The van der Waals surface area contributed by atoms with Gasteiger partial charge in [-0.15, -0.1) is 0 Å². The topological polar surface area (TPSA) is 191 Å².